The molecule has 0 aromatic heterocycles. The maximum absolute atomic E-state index is 3.41. The smallest absolute Gasteiger partial charge is 0.0344 e. The van der Waals surface area contributed by atoms with Gasteiger partial charge in [-0.3, -0.25) is 4.90 Å². The molecule has 0 bridgehead atoms. The van der Waals surface area contributed by atoms with Crippen LogP contribution >= 0.6 is 0 Å². The molecule has 2 fully saturated rings. The Labute approximate surface area is 74.7 Å². The number of likely N-dealkylation sites (tertiary alicyclic amines) is 1. The highest BCUT2D eigenvalue weighted by Gasteiger charge is 2.34. The van der Waals surface area contributed by atoms with Gasteiger partial charge in [-0.05, 0) is 27.1 Å². The summed E-state index contributed by atoms with van der Waals surface area (Å²) in [5.74, 6) is 0. The van der Waals surface area contributed by atoms with Crippen molar-refractivity contribution in [3.8, 4) is 0 Å². The van der Waals surface area contributed by atoms with E-state index in [1.807, 2.05) is 0 Å². The fourth-order valence-electron chi connectivity index (χ4n) is 2.06. The maximum atomic E-state index is 3.41. The van der Waals surface area contributed by atoms with Crippen LogP contribution in [0, 0.1) is 0 Å². The third-order valence-corrected chi connectivity index (χ3v) is 3.17. The molecular weight excluding hydrogens is 150 g/mol. The van der Waals surface area contributed by atoms with Gasteiger partial charge in [0, 0.05) is 31.7 Å². The number of hydrogen-bond donors (Lipinski definition) is 1. The summed E-state index contributed by atoms with van der Waals surface area (Å²) < 4.78 is 0. The maximum Gasteiger partial charge on any atom is 0.0344 e. The predicted octanol–water partition coefficient (Wildman–Crippen LogP) is -0.406. The van der Waals surface area contributed by atoms with E-state index >= 15 is 0 Å². The van der Waals surface area contributed by atoms with E-state index in [1.54, 1.807) is 0 Å². The van der Waals surface area contributed by atoms with E-state index < -0.39 is 0 Å². The molecule has 70 valence electrons. The van der Waals surface area contributed by atoms with E-state index in [9.17, 15) is 0 Å². The summed E-state index contributed by atoms with van der Waals surface area (Å²) in [6, 6.07) is 1.65. The van der Waals surface area contributed by atoms with Crippen LogP contribution in [0.4, 0.5) is 0 Å². The molecule has 3 nitrogen and oxygen atoms in total. The lowest BCUT2D eigenvalue weighted by Crippen LogP contribution is -2.60. The number of likely N-dealkylation sites (N-methyl/N-ethyl adjacent to an activating group) is 1. The average Bonchev–Trinajstić information content (AvgIpc) is 2.34. The lowest BCUT2D eigenvalue weighted by Gasteiger charge is -2.45. The predicted molar refractivity (Wildman–Crippen MR) is 50.3 cm³/mol. The van der Waals surface area contributed by atoms with Gasteiger partial charge in [-0.15, -0.1) is 0 Å². The first-order valence-electron chi connectivity index (χ1n) is 4.88. The minimum atomic E-state index is 0.811. The van der Waals surface area contributed by atoms with E-state index in [4.69, 9.17) is 0 Å². The van der Waals surface area contributed by atoms with Crippen LogP contribution in [0.15, 0.2) is 0 Å². The molecule has 0 saturated carbocycles. The second-order valence-electron chi connectivity index (χ2n) is 4.22. The van der Waals surface area contributed by atoms with Gasteiger partial charge >= 0.3 is 0 Å². The minimum Gasteiger partial charge on any atom is -0.315 e. The van der Waals surface area contributed by atoms with E-state index in [0.29, 0.717) is 0 Å². The molecule has 3 heteroatoms. The quantitative estimate of drug-likeness (QED) is 0.606. The van der Waals surface area contributed by atoms with Crippen molar-refractivity contribution in [3.05, 3.63) is 0 Å². The molecule has 1 unspecified atom stereocenters. The highest BCUT2D eigenvalue weighted by atomic mass is 15.3. The first kappa shape index (κ1) is 8.48. The van der Waals surface area contributed by atoms with Gasteiger partial charge < -0.3 is 10.2 Å². The molecule has 1 N–H and O–H groups in total. The number of rotatable bonds is 2. The second-order valence-corrected chi connectivity index (χ2v) is 4.22. The van der Waals surface area contributed by atoms with Crippen LogP contribution in [0.3, 0.4) is 0 Å². The molecule has 1 atom stereocenters. The number of nitrogens with one attached hydrogen (secondary N) is 1. The Morgan fingerprint density at radius 1 is 1.33 bits per heavy atom. The summed E-state index contributed by atoms with van der Waals surface area (Å²) in [6.45, 7) is 4.98. The summed E-state index contributed by atoms with van der Waals surface area (Å²) in [4.78, 5) is 4.93. The monoisotopic (exact) mass is 169 g/mol. The van der Waals surface area contributed by atoms with E-state index in [1.165, 1.54) is 32.6 Å². The molecular formula is C9H19N3. The third-order valence-electron chi connectivity index (χ3n) is 3.17. The van der Waals surface area contributed by atoms with Crippen LogP contribution in [0.1, 0.15) is 6.42 Å². The first-order chi connectivity index (χ1) is 5.77. The Morgan fingerprint density at radius 3 is 2.58 bits per heavy atom. The van der Waals surface area contributed by atoms with Crippen molar-refractivity contribution in [3.63, 3.8) is 0 Å². The average molecular weight is 169 g/mol. The van der Waals surface area contributed by atoms with Crippen LogP contribution in [-0.2, 0) is 0 Å². The summed E-state index contributed by atoms with van der Waals surface area (Å²) in [5.41, 5.74) is 0. The highest BCUT2D eigenvalue weighted by molar-refractivity contribution is 4.92. The van der Waals surface area contributed by atoms with Gasteiger partial charge in [-0.25, -0.2) is 0 Å². The summed E-state index contributed by atoms with van der Waals surface area (Å²) in [6.07, 6.45) is 1.35. The second kappa shape index (κ2) is 3.32. The van der Waals surface area contributed by atoms with Gasteiger partial charge in [-0.2, -0.15) is 0 Å². The van der Waals surface area contributed by atoms with Crippen LogP contribution in [-0.4, -0.2) is 62.2 Å². The van der Waals surface area contributed by atoms with Gasteiger partial charge in [0.2, 0.25) is 0 Å². The minimum absolute atomic E-state index is 0.811. The third kappa shape index (κ3) is 1.49. The van der Waals surface area contributed by atoms with Gasteiger partial charge in [0.25, 0.3) is 0 Å². The van der Waals surface area contributed by atoms with Crippen LogP contribution in [0.25, 0.3) is 0 Å². The molecule has 2 heterocycles. The molecule has 0 aromatic carbocycles. The molecule has 0 amide bonds. The topological polar surface area (TPSA) is 18.5 Å². The lowest BCUT2D eigenvalue weighted by molar-refractivity contribution is 0.0336. The number of nitrogens with zero attached hydrogens (tertiary/aromatic N) is 2. The largest absolute Gasteiger partial charge is 0.315 e. The highest BCUT2D eigenvalue weighted by Crippen LogP contribution is 2.18. The van der Waals surface area contributed by atoms with Gasteiger partial charge in [0.05, 0.1) is 0 Å². The molecule has 2 aliphatic rings. The standard InChI is InChI=1S/C9H19N3/c1-11(2)9-6-12(7-9)8-3-4-10-5-8/h8-10H,3-7H2,1-2H3. The summed E-state index contributed by atoms with van der Waals surface area (Å²) in [7, 11) is 4.35. The van der Waals surface area contributed by atoms with Crippen molar-refractivity contribution in [2.45, 2.75) is 18.5 Å². The Hall–Kier alpha value is -0.120. The van der Waals surface area contributed by atoms with Crippen LogP contribution in [0.2, 0.25) is 0 Å². The Bertz CT molecular complexity index is 146. The van der Waals surface area contributed by atoms with Gasteiger partial charge in [0.1, 0.15) is 0 Å². The lowest BCUT2D eigenvalue weighted by atomic mass is 10.0. The van der Waals surface area contributed by atoms with Crippen molar-refractivity contribution in [2.24, 2.45) is 0 Å². The van der Waals surface area contributed by atoms with Crippen molar-refractivity contribution < 1.29 is 0 Å². The molecule has 0 radical (unpaired) electrons. The SMILES string of the molecule is CN(C)C1CN(C2CCNC2)C1. The van der Waals surface area contributed by atoms with Crippen molar-refractivity contribution in [1.29, 1.82) is 0 Å². The summed E-state index contributed by atoms with van der Waals surface area (Å²) >= 11 is 0. The van der Waals surface area contributed by atoms with Gasteiger partial charge in [-0.1, -0.05) is 0 Å². The fraction of sp³-hybridized carbons (Fsp3) is 1.00. The molecule has 2 saturated heterocycles. The Balaban J connectivity index is 1.73. The van der Waals surface area contributed by atoms with Crippen LogP contribution < -0.4 is 5.32 Å². The molecule has 12 heavy (non-hydrogen) atoms. The normalized spacial score (nSPS) is 32.8. The number of hydrogen-bond acceptors (Lipinski definition) is 3. The zero-order chi connectivity index (χ0) is 8.55. The van der Waals surface area contributed by atoms with E-state index in [2.05, 4.69) is 29.2 Å². The molecule has 0 aliphatic carbocycles. The molecule has 2 aliphatic heterocycles. The zero-order valence-corrected chi connectivity index (χ0v) is 8.08. The van der Waals surface area contributed by atoms with E-state index in [0.717, 1.165) is 12.1 Å². The molecule has 0 spiro atoms. The van der Waals surface area contributed by atoms with Crippen LogP contribution in [0.5, 0.6) is 0 Å². The van der Waals surface area contributed by atoms with Crippen molar-refractivity contribution in [1.82, 2.24) is 15.1 Å². The fourth-order valence-corrected chi connectivity index (χ4v) is 2.06. The van der Waals surface area contributed by atoms with Crippen molar-refractivity contribution in [2.75, 3.05) is 40.3 Å². The molecule has 0 aromatic rings. The Kier molecular flexibility index (Phi) is 2.35. The first-order valence-corrected chi connectivity index (χ1v) is 4.88. The van der Waals surface area contributed by atoms with E-state index in [-0.39, 0.29) is 0 Å². The zero-order valence-electron chi connectivity index (χ0n) is 8.08. The van der Waals surface area contributed by atoms with Gasteiger partial charge in [0.15, 0.2) is 0 Å². The van der Waals surface area contributed by atoms with Crippen molar-refractivity contribution >= 4 is 0 Å². The Morgan fingerprint density at radius 2 is 2.08 bits per heavy atom. The summed E-state index contributed by atoms with van der Waals surface area (Å²) in [5, 5.41) is 3.41. The molecule has 2 rings (SSSR count).